The Labute approximate surface area is 120 Å². The van der Waals surface area contributed by atoms with Crippen LogP contribution in [0.3, 0.4) is 0 Å². The van der Waals surface area contributed by atoms with E-state index in [0.717, 1.165) is 12.8 Å². The van der Waals surface area contributed by atoms with Gasteiger partial charge in [0.25, 0.3) is 5.91 Å². The quantitative estimate of drug-likeness (QED) is 0.814. The summed E-state index contributed by atoms with van der Waals surface area (Å²) >= 11 is 0. The maximum absolute atomic E-state index is 13.1. The SMILES string of the molecule is CC(F)(F)C(=O)NC(C(C)(C)C)C(C)(C)OCC1CC1. The number of ether oxygens (including phenoxy) is 1. The van der Waals surface area contributed by atoms with Gasteiger partial charge in [-0.05, 0) is 38.0 Å². The molecule has 0 aliphatic heterocycles. The third-order valence-electron chi connectivity index (χ3n) is 3.62. The van der Waals surface area contributed by atoms with E-state index in [0.29, 0.717) is 19.4 Å². The lowest BCUT2D eigenvalue weighted by atomic mass is 9.77. The van der Waals surface area contributed by atoms with Gasteiger partial charge in [-0.15, -0.1) is 0 Å². The van der Waals surface area contributed by atoms with Crippen molar-refractivity contribution in [1.82, 2.24) is 5.32 Å². The molecule has 0 heterocycles. The highest BCUT2D eigenvalue weighted by Crippen LogP contribution is 2.35. The first-order valence-electron chi connectivity index (χ1n) is 7.17. The van der Waals surface area contributed by atoms with Crippen molar-refractivity contribution in [1.29, 1.82) is 0 Å². The number of carbonyl (C=O) groups excluding carboxylic acids is 1. The fourth-order valence-corrected chi connectivity index (χ4v) is 2.39. The number of rotatable bonds is 6. The molecule has 3 nitrogen and oxygen atoms in total. The normalized spacial score (nSPS) is 18.8. The fraction of sp³-hybridized carbons (Fsp3) is 0.933. The average Bonchev–Trinajstić information content (AvgIpc) is 3.03. The zero-order chi connectivity index (χ0) is 15.8. The van der Waals surface area contributed by atoms with Crippen molar-refractivity contribution in [3.63, 3.8) is 0 Å². The number of amides is 1. The highest BCUT2D eigenvalue weighted by atomic mass is 19.3. The summed E-state index contributed by atoms with van der Waals surface area (Å²) in [4.78, 5) is 11.6. The van der Waals surface area contributed by atoms with E-state index in [1.54, 1.807) is 0 Å². The van der Waals surface area contributed by atoms with Crippen LogP contribution in [0.1, 0.15) is 54.4 Å². The van der Waals surface area contributed by atoms with Crippen molar-refractivity contribution in [2.24, 2.45) is 11.3 Å². The van der Waals surface area contributed by atoms with Crippen LogP contribution in [-0.2, 0) is 9.53 Å². The van der Waals surface area contributed by atoms with E-state index in [2.05, 4.69) is 5.32 Å². The van der Waals surface area contributed by atoms with Gasteiger partial charge in [-0.3, -0.25) is 4.79 Å². The number of halogens is 2. The van der Waals surface area contributed by atoms with E-state index in [1.165, 1.54) is 0 Å². The lowest BCUT2D eigenvalue weighted by Crippen LogP contribution is -2.59. The number of hydrogen-bond donors (Lipinski definition) is 1. The summed E-state index contributed by atoms with van der Waals surface area (Å²) < 4.78 is 32.1. The molecule has 0 aromatic carbocycles. The van der Waals surface area contributed by atoms with Crippen molar-refractivity contribution in [2.75, 3.05) is 6.61 Å². The molecule has 0 radical (unpaired) electrons. The summed E-state index contributed by atoms with van der Waals surface area (Å²) in [5.41, 5.74) is -1.07. The van der Waals surface area contributed by atoms with E-state index < -0.39 is 23.5 Å². The van der Waals surface area contributed by atoms with Gasteiger partial charge in [0.2, 0.25) is 0 Å². The molecule has 0 spiro atoms. The van der Waals surface area contributed by atoms with E-state index >= 15 is 0 Å². The Hall–Kier alpha value is -0.710. The Bertz CT molecular complexity index is 352. The largest absolute Gasteiger partial charge is 0.373 e. The van der Waals surface area contributed by atoms with Gasteiger partial charge in [0, 0.05) is 6.92 Å². The van der Waals surface area contributed by atoms with Crippen LogP contribution in [0, 0.1) is 11.3 Å². The van der Waals surface area contributed by atoms with Gasteiger partial charge >= 0.3 is 5.92 Å². The first-order chi connectivity index (χ1) is 8.84. The van der Waals surface area contributed by atoms with E-state index in [-0.39, 0.29) is 5.41 Å². The molecule has 1 saturated carbocycles. The van der Waals surface area contributed by atoms with Gasteiger partial charge < -0.3 is 10.1 Å². The standard InChI is InChI=1S/C15H27F2NO2/c1-13(2,3)11(18-12(19)15(6,16)17)14(4,5)20-9-10-7-8-10/h10-11H,7-9H2,1-6H3,(H,18,19). The second-order valence-corrected chi connectivity index (χ2v) is 7.52. The van der Waals surface area contributed by atoms with Crippen molar-refractivity contribution in [2.45, 2.75) is 71.9 Å². The van der Waals surface area contributed by atoms with Crippen LogP contribution in [0.4, 0.5) is 8.78 Å². The molecular formula is C15H27F2NO2. The van der Waals surface area contributed by atoms with E-state index in [4.69, 9.17) is 4.74 Å². The predicted octanol–water partition coefficient (Wildman–Crippen LogP) is 3.38. The van der Waals surface area contributed by atoms with Crippen molar-refractivity contribution in [3.8, 4) is 0 Å². The summed E-state index contributed by atoms with van der Waals surface area (Å²) in [5.74, 6) is -4.05. The minimum Gasteiger partial charge on any atom is -0.373 e. The predicted molar refractivity (Wildman–Crippen MR) is 74.8 cm³/mol. The van der Waals surface area contributed by atoms with Crippen molar-refractivity contribution < 1.29 is 18.3 Å². The Morgan fingerprint density at radius 1 is 1.20 bits per heavy atom. The van der Waals surface area contributed by atoms with Crippen LogP contribution in [0.2, 0.25) is 0 Å². The van der Waals surface area contributed by atoms with Crippen LogP contribution in [0.5, 0.6) is 0 Å². The lowest BCUT2D eigenvalue weighted by Gasteiger charge is -2.43. The zero-order valence-electron chi connectivity index (χ0n) is 13.3. The minimum absolute atomic E-state index is 0.381. The average molecular weight is 291 g/mol. The number of alkyl halides is 2. The molecule has 1 rings (SSSR count). The molecule has 1 aliphatic carbocycles. The molecule has 0 aromatic heterocycles. The Morgan fingerprint density at radius 2 is 1.70 bits per heavy atom. The molecule has 0 bridgehead atoms. The van der Waals surface area contributed by atoms with E-state index in [9.17, 15) is 13.6 Å². The molecule has 20 heavy (non-hydrogen) atoms. The second-order valence-electron chi connectivity index (χ2n) is 7.52. The Balaban J connectivity index is 2.79. The topological polar surface area (TPSA) is 38.3 Å². The smallest absolute Gasteiger partial charge is 0.321 e. The van der Waals surface area contributed by atoms with Crippen molar-refractivity contribution in [3.05, 3.63) is 0 Å². The molecule has 1 unspecified atom stereocenters. The minimum atomic E-state index is -3.38. The van der Waals surface area contributed by atoms with Crippen LogP contribution < -0.4 is 5.32 Å². The summed E-state index contributed by atoms with van der Waals surface area (Å²) in [6, 6.07) is -0.493. The summed E-state index contributed by atoms with van der Waals surface area (Å²) in [6.45, 7) is 10.7. The first kappa shape index (κ1) is 17.3. The second kappa shape index (κ2) is 5.58. The van der Waals surface area contributed by atoms with Gasteiger partial charge in [-0.1, -0.05) is 20.8 Å². The molecule has 1 N–H and O–H groups in total. The maximum atomic E-state index is 13.1. The van der Waals surface area contributed by atoms with Crippen LogP contribution in [0.25, 0.3) is 0 Å². The van der Waals surface area contributed by atoms with Crippen LogP contribution >= 0.6 is 0 Å². The molecule has 118 valence electrons. The highest BCUT2D eigenvalue weighted by Gasteiger charge is 2.44. The summed E-state index contributed by atoms with van der Waals surface area (Å²) in [5, 5.41) is 2.47. The summed E-state index contributed by atoms with van der Waals surface area (Å²) in [6.07, 6.45) is 2.32. The van der Waals surface area contributed by atoms with Gasteiger partial charge in [0.05, 0.1) is 18.2 Å². The van der Waals surface area contributed by atoms with Gasteiger partial charge in [-0.25, -0.2) is 0 Å². The third-order valence-corrected chi connectivity index (χ3v) is 3.62. The molecule has 1 fully saturated rings. The zero-order valence-corrected chi connectivity index (χ0v) is 13.3. The summed E-state index contributed by atoms with van der Waals surface area (Å²) in [7, 11) is 0. The van der Waals surface area contributed by atoms with E-state index in [1.807, 2.05) is 34.6 Å². The number of hydrogen-bond acceptors (Lipinski definition) is 2. The van der Waals surface area contributed by atoms with Crippen LogP contribution in [0.15, 0.2) is 0 Å². The molecule has 1 aliphatic rings. The molecule has 0 aromatic rings. The Kier molecular flexibility index (Phi) is 4.84. The molecule has 5 heteroatoms. The molecular weight excluding hydrogens is 264 g/mol. The van der Waals surface area contributed by atoms with Gasteiger partial charge in [0.15, 0.2) is 0 Å². The molecule has 1 atom stereocenters. The lowest BCUT2D eigenvalue weighted by molar-refractivity contribution is -0.149. The van der Waals surface area contributed by atoms with Crippen LogP contribution in [-0.4, -0.2) is 30.1 Å². The van der Waals surface area contributed by atoms with Gasteiger partial charge in [0.1, 0.15) is 0 Å². The first-order valence-corrected chi connectivity index (χ1v) is 7.17. The highest BCUT2D eigenvalue weighted by molar-refractivity contribution is 5.83. The Morgan fingerprint density at radius 3 is 2.05 bits per heavy atom. The molecule has 1 amide bonds. The fourth-order valence-electron chi connectivity index (χ4n) is 2.39. The maximum Gasteiger partial charge on any atom is 0.321 e. The molecule has 0 saturated heterocycles. The third kappa shape index (κ3) is 5.00. The monoisotopic (exact) mass is 291 g/mol. The number of nitrogens with one attached hydrogen (secondary N) is 1. The van der Waals surface area contributed by atoms with Crippen molar-refractivity contribution >= 4 is 5.91 Å². The number of carbonyl (C=O) groups is 1. The van der Waals surface area contributed by atoms with Gasteiger partial charge in [-0.2, -0.15) is 8.78 Å².